The van der Waals surface area contributed by atoms with Crippen LogP contribution in [0.5, 0.6) is 0 Å². The molecule has 0 saturated heterocycles. The standard InChI is InChI=1S/C13H8N6O5/c14-5-8(6-15)12(7-16)17-11-3-9(18(21)22)4-13(19(23)24)10(11)1-2-20/h3-4,17,20H,1-2H2. The number of hydrogen-bond acceptors (Lipinski definition) is 9. The Morgan fingerprint density at radius 3 is 2.17 bits per heavy atom. The van der Waals surface area contributed by atoms with Crippen molar-refractivity contribution in [1.82, 2.24) is 0 Å². The number of non-ortho nitro benzene ring substituents is 1. The number of hydrogen-bond donors (Lipinski definition) is 2. The van der Waals surface area contributed by atoms with Crippen LogP contribution in [0.15, 0.2) is 23.4 Å². The van der Waals surface area contributed by atoms with E-state index in [0.29, 0.717) is 0 Å². The Hall–Kier alpha value is -4.01. The van der Waals surface area contributed by atoms with Gasteiger partial charge < -0.3 is 10.4 Å². The van der Waals surface area contributed by atoms with Crippen LogP contribution in [0.2, 0.25) is 0 Å². The highest BCUT2D eigenvalue weighted by Gasteiger charge is 2.24. The molecule has 0 aromatic heterocycles. The number of nitro benzene ring substituents is 2. The maximum Gasteiger partial charge on any atom is 0.281 e. The molecule has 0 aliphatic rings. The number of benzene rings is 1. The highest BCUT2D eigenvalue weighted by Crippen LogP contribution is 2.33. The van der Waals surface area contributed by atoms with E-state index in [4.69, 9.17) is 20.9 Å². The van der Waals surface area contributed by atoms with Crippen molar-refractivity contribution in [3.8, 4) is 18.2 Å². The lowest BCUT2D eigenvalue weighted by molar-refractivity contribution is -0.394. The molecule has 0 saturated carbocycles. The summed E-state index contributed by atoms with van der Waals surface area (Å²) in [6, 6.07) is 6.11. The zero-order chi connectivity index (χ0) is 18.3. The van der Waals surface area contributed by atoms with Crippen LogP contribution in [-0.4, -0.2) is 21.6 Å². The minimum absolute atomic E-state index is 0.101. The second kappa shape index (κ2) is 7.84. The van der Waals surface area contributed by atoms with E-state index >= 15 is 0 Å². The molecular formula is C13H8N6O5. The van der Waals surface area contributed by atoms with Gasteiger partial charge in [-0.1, -0.05) is 0 Å². The molecule has 2 N–H and O–H groups in total. The van der Waals surface area contributed by atoms with Crippen LogP contribution >= 0.6 is 0 Å². The molecule has 0 heterocycles. The number of nitrogens with zero attached hydrogens (tertiary/aromatic N) is 5. The van der Waals surface area contributed by atoms with Gasteiger partial charge in [0, 0.05) is 19.1 Å². The maximum absolute atomic E-state index is 11.1. The monoisotopic (exact) mass is 328 g/mol. The van der Waals surface area contributed by atoms with Gasteiger partial charge in [-0.2, -0.15) is 15.8 Å². The van der Waals surface area contributed by atoms with E-state index in [0.717, 1.165) is 12.1 Å². The molecule has 1 aromatic rings. The Kier molecular flexibility index (Phi) is 5.90. The predicted molar refractivity (Wildman–Crippen MR) is 78.0 cm³/mol. The average molecular weight is 328 g/mol. The van der Waals surface area contributed by atoms with E-state index in [9.17, 15) is 20.2 Å². The molecule has 0 aliphatic carbocycles. The minimum Gasteiger partial charge on any atom is -0.396 e. The Balaban J connectivity index is 3.67. The first-order valence-electron chi connectivity index (χ1n) is 6.17. The van der Waals surface area contributed by atoms with Gasteiger partial charge in [-0.25, -0.2) is 0 Å². The number of allylic oxidation sites excluding steroid dienone is 2. The second-order valence-electron chi connectivity index (χ2n) is 4.19. The van der Waals surface area contributed by atoms with Crippen LogP contribution in [0.1, 0.15) is 5.56 Å². The fourth-order valence-corrected chi connectivity index (χ4v) is 1.81. The number of anilines is 1. The Labute approximate surface area is 134 Å². The zero-order valence-corrected chi connectivity index (χ0v) is 11.9. The quantitative estimate of drug-likeness (QED) is 0.439. The third kappa shape index (κ3) is 3.80. The van der Waals surface area contributed by atoms with Crippen molar-refractivity contribution in [2.24, 2.45) is 0 Å². The minimum atomic E-state index is -0.869. The third-order valence-corrected chi connectivity index (χ3v) is 2.83. The van der Waals surface area contributed by atoms with Crippen molar-refractivity contribution < 1.29 is 15.0 Å². The number of nitrogens with one attached hydrogen (secondary N) is 1. The van der Waals surface area contributed by atoms with E-state index in [1.807, 2.05) is 0 Å². The largest absolute Gasteiger partial charge is 0.396 e. The molecule has 1 rings (SSSR count). The molecule has 0 fully saturated rings. The van der Waals surface area contributed by atoms with Gasteiger partial charge in [-0.05, 0) is 0 Å². The molecule has 24 heavy (non-hydrogen) atoms. The average Bonchev–Trinajstić information content (AvgIpc) is 2.55. The normalized spacial score (nSPS) is 9.08. The van der Waals surface area contributed by atoms with Crippen LogP contribution in [-0.2, 0) is 6.42 Å². The van der Waals surface area contributed by atoms with Gasteiger partial charge in [0.25, 0.3) is 11.4 Å². The van der Waals surface area contributed by atoms with Crippen molar-refractivity contribution in [2.45, 2.75) is 6.42 Å². The van der Waals surface area contributed by atoms with Gasteiger partial charge >= 0.3 is 0 Å². The van der Waals surface area contributed by atoms with E-state index in [-0.39, 0.29) is 17.7 Å². The van der Waals surface area contributed by atoms with Crippen molar-refractivity contribution in [3.63, 3.8) is 0 Å². The molecule has 120 valence electrons. The second-order valence-corrected chi connectivity index (χ2v) is 4.19. The summed E-state index contributed by atoms with van der Waals surface area (Å²) in [7, 11) is 0. The summed E-state index contributed by atoms with van der Waals surface area (Å²) >= 11 is 0. The van der Waals surface area contributed by atoms with Crippen LogP contribution in [0.25, 0.3) is 0 Å². The van der Waals surface area contributed by atoms with E-state index in [2.05, 4.69) is 5.32 Å². The van der Waals surface area contributed by atoms with Gasteiger partial charge in [-0.15, -0.1) is 0 Å². The summed E-state index contributed by atoms with van der Waals surface area (Å²) in [6.07, 6.45) is -0.232. The molecule has 0 bridgehead atoms. The van der Waals surface area contributed by atoms with Crippen LogP contribution in [0, 0.1) is 54.2 Å². The molecule has 0 unspecified atom stereocenters. The molecule has 0 atom stereocenters. The first-order chi connectivity index (χ1) is 11.4. The van der Waals surface area contributed by atoms with E-state index < -0.39 is 39.1 Å². The van der Waals surface area contributed by atoms with Crippen molar-refractivity contribution in [2.75, 3.05) is 11.9 Å². The Bertz CT molecular complexity index is 839. The summed E-state index contributed by atoms with van der Waals surface area (Å²) < 4.78 is 0. The topological polar surface area (TPSA) is 190 Å². The summed E-state index contributed by atoms with van der Waals surface area (Å²) in [5.74, 6) is 0. The fourth-order valence-electron chi connectivity index (χ4n) is 1.81. The number of rotatable bonds is 6. The number of aliphatic hydroxyl groups is 1. The SMILES string of the molecule is N#CC(C#N)=C(C#N)Nc1cc([N+](=O)[O-])cc([N+](=O)[O-])c1CCO. The summed E-state index contributed by atoms with van der Waals surface area (Å²) in [4.78, 5) is 20.3. The summed E-state index contributed by atoms with van der Waals surface area (Å²) in [5, 5.41) is 60.0. The molecule has 11 heteroatoms. The van der Waals surface area contributed by atoms with E-state index in [1.54, 1.807) is 6.07 Å². The van der Waals surface area contributed by atoms with Gasteiger partial charge in [0.1, 0.15) is 23.9 Å². The fraction of sp³-hybridized carbons (Fsp3) is 0.154. The maximum atomic E-state index is 11.1. The summed E-state index contributed by atoms with van der Waals surface area (Å²) in [6.45, 7) is -0.498. The zero-order valence-electron chi connectivity index (χ0n) is 11.9. The first kappa shape index (κ1) is 18.0. The Morgan fingerprint density at radius 2 is 1.75 bits per heavy atom. The first-order valence-corrected chi connectivity index (χ1v) is 6.17. The van der Waals surface area contributed by atoms with Crippen molar-refractivity contribution >= 4 is 17.1 Å². The number of nitriles is 3. The molecular weight excluding hydrogens is 320 g/mol. The lowest BCUT2D eigenvalue weighted by Crippen LogP contribution is -2.08. The molecule has 0 aliphatic heterocycles. The van der Waals surface area contributed by atoms with Crippen molar-refractivity contribution in [3.05, 3.63) is 49.2 Å². The van der Waals surface area contributed by atoms with E-state index in [1.165, 1.54) is 12.1 Å². The third-order valence-electron chi connectivity index (χ3n) is 2.83. The molecule has 1 aromatic carbocycles. The lowest BCUT2D eigenvalue weighted by Gasteiger charge is -2.11. The highest BCUT2D eigenvalue weighted by molar-refractivity contribution is 5.70. The van der Waals surface area contributed by atoms with Gasteiger partial charge in [0.2, 0.25) is 0 Å². The Morgan fingerprint density at radius 1 is 1.12 bits per heavy atom. The smallest absolute Gasteiger partial charge is 0.281 e. The predicted octanol–water partition coefficient (Wildman–Crippen LogP) is 1.27. The van der Waals surface area contributed by atoms with Crippen LogP contribution < -0.4 is 5.32 Å². The number of nitro groups is 2. The molecule has 0 spiro atoms. The molecule has 0 radical (unpaired) electrons. The van der Waals surface area contributed by atoms with Crippen LogP contribution in [0.4, 0.5) is 17.1 Å². The van der Waals surface area contributed by atoms with Gasteiger partial charge in [0.15, 0.2) is 5.57 Å². The summed E-state index contributed by atoms with van der Waals surface area (Å²) in [5.41, 5.74) is -2.69. The van der Waals surface area contributed by atoms with Crippen molar-refractivity contribution in [1.29, 1.82) is 15.8 Å². The molecule has 11 nitrogen and oxygen atoms in total. The highest BCUT2D eigenvalue weighted by atomic mass is 16.6. The van der Waals surface area contributed by atoms with Crippen LogP contribution in [0.3, 0.4) is 0 Å². The molecule has 0 amide bonds. The lowest BCUT2D eigenvalue weighted by atomic mass is 10.1. The van der Waals surface area contributed by atoms with Gasteiger partial charge in [0.05, 0.1) is 27.2 Å². The number of aliphatic hydroxyl groups excluding tert-OH is 1. The van der Waals surface area contributed by atoms with Gasteiger partial charge in [-0.3, -0.25) is 20.2 Å².